The highest BCUT2D eigenvalue weighted by atomic mass is 16.5. The van der Waals surface area contributed by atoms with Crippen LogP contribution in [-0.2, 0) is 4.79 Å². The van der Waals surface area contributed by atoms with Gasteiger partial charge in [0.25, 0.3) is 0 Å². The number of aromatic nitrogens is 1. The van der Waals surface area contributed by atoms with Crippen molar-refractivity contribution in [1.29, 1.82) is 0 Å². The molecule has 0 fully saturated rings. The lowest BCUT2D eigenvalue weighted by molar-refractivity contribution is -0.117. The third-order valence-electron chi connectivity index (χ3n) is 2.08. The van der Waals surface area contributed by atoms with Gasteiger partial charge in [0.1, 0.15) is 11.5 Å². The van der Waals surface area contributed by atoms with Crippen LogP contribution < -0.4 is 4.74 Å². The molecule has 14 heavy (non-hydrogen) atoms. The second-order valence-corrected chi connectivity index (χ2v) is 3.40. The standard InChI is InChI=1S/C11H15NO2/c1-8(7-9(2)13)11-10(14-3)5-4-6-12-11/h4-6,8H,7H2,1-3H3. The molecule has 0 aliphatic rings. The molecule has 0 aliphatic carbocycles. The molecule has 1 unspecified atom stereocenters. The summed E-state index contributed by atoms with van der Waals surface area (Å²) in [5.41, 5.74) is 0.852. The summed E-state index contributed by atoms with van der Waals surface area (Å²) in [5.74, 6) is 1.04. The Morgan fingerprint density at radius 2 is 2.36 bits per heavy atom. The number of ketones is 1. The Hall–Kier alpha value is -1.38. The summed E-state index contributed by atoms with van der Waals surface area (Å²) in [6.07, 6.45) is 2.22. The average Bonchev–Trinajstić information content (AvgIpc) is 2.16. The minimum atomic E-state index is 0.114. The smallest absolute Gasteiger partial charge is 0.140 e. The first-order chi connectivity index (χ1) is 6.65. The summed E-state index contributed by atoms with van der Waals surface area (Å²) in [6.45, 7) is 3.57. The minimum Gasteiger partial charge on any atom is -0.495 e. The number of Topliss-reactive ketones (excluding diaryl/α,β-unsaturated/α-hetero) is 1. The Kier molecular flexibility index (Phi) is 3.63. The summed E-state index contributed by atoms with van der Waals surface area (Å²) in [7, 11) is 1.61. The maximum Gasteiger partial charge on any atom is 0.140 e. The SMILES string of the molecule is COc1cccnc1C(C)CC(C)=O. The number of rotatable bonds is 4. The van der Waals surface area contributed by atoms with Gasteiger partial charge in [0.15, 0.2) is 0 Å². The van der Waals surface area contributed by atoms with Crippen molar-refractivity contribution in [2.45, 2.75) is 26.2 Å². The lowest BCUT2D eigenvalue weighted by Crippen LogP contribution is -2.04. The molecule has 0 amide bonds. The van der Waals surface area contributed by atoms with Gasteiger partial charge in [-0.2, -0.15) is 0 Å². The van der Waals surface area contributed by atoms with Crippen molar-refractivity contribution in [3.8, 4) is 5.75 Å². The monoisotopic (exact) mass is 193 g/mol. The molecule has 1 heterocycles. The summed E-state index contributed by atoms with van der Waals surface area (Å²) in [5, 5.41) is 0. The van der Waals surface area contributed by atoms with E-state index in [1.807, 2.05) is 19.1 Å². The van der Waals surface area contributed by atoms with Gasteiger partial charge in [-0.1, -0.05) is 6.92 Å². The van der Waals surface area contributed by atoms with E-state index in [9.17, 15) is 4.79 Å². The third-order valence-corrected chi connectivity index (χ3v) is 2.08. The maximum atomic E-state index is 11.0. The average molecular weight is 193 g/mol. The van der Waals surface area contributed by atoms with Crippen molar-refractivity contribution in [2.24, 2.45) is 0 Å². The van der Waals surface area contributed by atoms with Crippen molar-refractivity contribution >= 4 is 5.78 Å². The summed E-state index contributed by atoms with van der Waals surface area (Å²) >= 11 is 0. The van der Waals surface area contributed by atoms with Crippen molar-refractivity contribution < 1.29 is 9.53 Å². The Balaban J connectivity index is 2.87. The lowest BCUT2D eigenvalue weighted by atomic mass is 10.0. The first-order valence-electron chi connectivity index (χ1n) is 4.63. The van der Waals surface area contributed by atoms with E-state index in [1.165, 1.54) is 0 Å². The van der Waals surface area contributed by atoms with E-state index in [0.29, 0.717) is 6.42 Å². The molecule has 76 valence electrons. The molecule has 0 saturated heterocycles. The topological polar surface area (TPSA) is 39.2 Å². The van der Waals surface area contributed by atoms with Gasteiger partial charge in [0.2, 0.25) is 0 Å². The summed E-state index contributed by atoms with van der Waals surface area (Å²) < 4.78 is 5.17. The van der Waals surface area contributed by atoms with Gasteiger partial charge in [-0.05, 0) is 19.1 Å². The van der Waals surface area contributed by atoms with Crippen LogP contribution in [0.1, 0.15) is 31.9 Å². The van der Waals surface area contributed by atoms with E-state index in [0.717, 1.165) is 11.4 Å². The molecule has 3 heteroatoms. The van der Waals surface area contributed by atoms with Gasteiger partial charge in [-0.15, -0.1) is 0 Å². The second kappa shape index (κ2) is 4.74. The molecule has 1 atom stereocenters. The molecule has 0 N–H and O–H groups in total. The van der Waals surface area contributed by atoms with Crippen molar-refractivity contribution in [1.82, 2.24) is 4.98 Å². The van der Waals surface area contributed by atoms with Crippen LogP contribution in [0.25, 0.3) is 0 Å². The van der Waals surface area contributed by atoms with E-state index >= 15 is 0 Å². The maximum absolute atomic E-state index is 11.0. The highest BCUT2D eigenvalue weighted by Gasteiger charge is 2.13. The van der Waals surface area contributed by atoms with E-state index < -0.39 is 0 Å². The molecule has 0 aliphatic heterocycles. The molecule has 3 nitrogen and oxygen atoms in total. The number of carbonyl (C=O) groups excluding carboxylic acids is 1. The van der Waals surface area contributed by atoms with E-state index in [1.54, 1.807) is 20.2 Å². The fourth-order valence-electron chi connectivity index (χ4n) is 1.47. The zero-order chi connectivity index (χ0) is 10.6. The van der Waals surface area contributed by atoms with Crippen LogP contribution in [0.2, 0.25) is 0 Å². The number of carbonyl (C=O) groups is 1. The molecular formula is C11H15NO2. The number of hydrogen-bond donors (Lipinski definition) is 0. The van der Waals surface area contributed by atoms with Crippen LogP contribution >= 0.6 is 0 Å². The molecule has 0 saturated carbocycles. The molecule has 0 aromatic carbocycles. The van der Waals surface area contributed by atoms with Gasteiger partial charge in [0, 0.05) is 18.5 Å². The van der Waals surface area contributed by atoms with Gasteiger partial charge >= 0.3 is 0 Å². The molecular weight excluding hydrogens is 178 g/mol. The molecule has 1 aromatic rings. The van der Waals surface area contributed by atoms with Crippen molar-refractivity contribution in [2.75, 3.05) is 7.11 Å². The number of pyridine rings is 1. The molecule has 1 rings (SSSR count). The van der Waals surface area contributed by atoms with Crippen LogP contribution in [0.3, 0.4) is 0 Å². The van der Waals surface area contributed by atoms with Gasteiger partial charge < -0.3 is 9.53 Å². The van der Waals surface area contributed by atoms with Crippen LogP contribution in [0.15, 0.2) is 18.3 Å². The number of ether oxygens (including phenoxy) is 1. The highest BCUT2D eigenvalue weighted by Crippen LogP contribution is 2.25. The zero-order valence-electron chi connectivity index (χ0n) is 8.78. The van der Waals surface area contributed by atoms with E-state index in [-0.39, 0.29) is 11.7 Å². The zero-order valence-corrected chi connectivity index (χ0v) is 8.78. The van der Waals surface area contributed by atoms with Gasteiger partial charge in [0.05, 0.1) is 12.8 Å². The third kappa shape index (κ3) is 2.55. The van der Waals surface area contributed by atoms with Gasteiger partial charge in [-0.25, -0.2) is 0 Å². The molecule has 0 spiro atoms. The fourth-order valence-corrected chi connectivity index (χ4v) is 1.47. The first-order valence-corrected chi connectivity index (χ1v) is 4.63. The predicted molar refractivity (Wildman–Crippen MR) is 54.5 cm³/mol. The van der Waals surface area contributed by atoms with Crippen LogP contribution in [0, 0.1) is 0 Å². The van der Waals surface area contributed by atoms with Crippen LogP contribution in [0.4, 0.5) is 0 Å². The van der Waals surface area contributed by atoms with Crippen LogP contribution in [0.5, 0.6) is 5.75 Å². The number of hydrogen-bond acceptors (Lipinski definition) is 3. The van der Waals surface area contributed by atoms with Gasteiger partial charge in [-0.3, -0.25) is 4.98 Å². The quantitative estimate of drug-likeness (QED) is 0.735. The lowest BCUT2D eigenvalue weighted by Gasteiger charge is -2.12. The second-order valence-electron chi connectivity index (χ2n) is 3.40. The Labute approximate surface area is 84.1 Å². The minimum absolute atomic E-state index is 0.114. The number of nitrogens with zero attached hydrogens (tertiary/aromatic N) is 1. The normalized spacial score (nSPS) is 12.2. The summed E-state index contributed by atoms with van der Waals surface area (Å²) in [4.78, 5) is 15.2. The van der Waals surface area contributed by atoms with E-state index in [4.69, 9.17) is 4.74 Å². The molecule has 1 aromatic heterocycles. The predicted octanol–water partition coefficient (Wildman–Crippen LogP) is 2.17. The Morgan fingerprint density at radius 1 is 1.64 bits per heavy atom. The summed E-state index contributed by atoms with van der Waals surface area (Å²) in [6, 6.07) is 3.68. The Bertz CT molecular complexity index is 323. The van der Waals surface area contributed by atoms with Crippen molar-refractivity contribution in [3.05, 3.63) is 24.0 Å². The largest absolute Gasteiger partial charge is 0.495 e. The first kappa shape index (κ1) is 10.7. The molecule has 0 radical (unpaired) electrons. The number of methoxy groups -OCH3 is 1. The van der Waals surface area contributed by atoms with Crippen molar-refractivity contribution in [3.63, 3.8) is 0 Å². The van der Waals surface area contributed by atoms with E-state index in [2.05, 4.69) is 4.98 Å². The van der Waals surface area contributed by atoms with Crippen LogP contribution in [-0.4, -0.2) is 17.9 Å². The molecule has 0 bridgehead atoms. The fraction of sp³-hybridized carbons (Fsp3) is 0.455. The highest BCUT2D eigenvalue weighted by molar-refractivity contribution is 5.76. The Morgan fingerprint density at radius 3 is 2.93 bits per heavy atom.